The molecule has 0 aromatic carbocycles. The number of hydrogen-bond acceptors (Lipinski definition) is 3. The molecule has 0 N–H and O–H groups in total. The summed E-state index contributed by atoms with van der Waals surface area (Å²) < 4.78 is 38.2. The third kappa shape index (κ3) is 3.34. The second-order valence-electron chi connectivity index (χ2n) is 6.44. The molecule has 1 unspecified atom stereocenters. The van der Waals surface area contributed by atoms with Crippen molar-refractivity contribution in [3.8, 4) is 0 Å². The number of fused-ring (bicyclic) bond motifs is 1. The van der Waals surface area contributed by atoms with Crippen LogP contribution in [0.4, 0.5) is 13.2 Å². The van der Waals surface area contributed by atoms with E-state index in [0.717, 1.165) is 28.6 Å². The fourth-order valence-electron chi connectivity index (χ4n) is 3.28. The van der Waals surface area contributed by atoms with E-state index < -0.39 is 23.8 Å². The van der Waals surface area contributed by atoms with Crippen LogP contribution in [0.5, 0.6) is 0 Å². The molecule has 0 saturated heterocycles. The van der Waals surface area contributed by atoms with Gasteiger partial charge in [0, 0.05) is 40.5 Å². The Labute approximate surface area is 139 Å². The molecule has 1 atom stereocenters. The first kappa shape index (κ1) is 16.6. The van der Waals surface area contributed by atoms with Crippen molar-refractivity contribution in [2.75, 3.05) is 0 Å². The van der Waals surface area contributed by atoms with Crippen LogP contribution in [0.2, 0.25) is 0 Å². The van der Waals surface area contributed by atoms with Crippen LogP contribution < -0.4 is 0 Å². The van der Waals surface area contributed by atoms with Crippen molar-refractivity contribution >= 4 is 27.5 Å². The molecule has 1 saturated carbocycles. The van der Waals surface area contributed by atoms with E-state index in [2.05, 4.69) is 20.9 Å². The third-order valence-corrected chi connectivity index (χ3v) is 5.24. The van der Waals surface area contributed by atoms with E-state index in [1.165, 1.54) is 0 Å². The van der Waals surface area contributed by atoms with Gasteiger partial charge < -0.3 is 0 Å². The number of nitrogens with zero attached hydrogens (tertiary/aromatic N) is 1. The number of Topliss-reactive ketones (excluding diaryl/α,β-unsaturated/α-hetero) is 2. The fourth-order valence-corrected chi connectivity index (χ4v) is 3.66. The first-order valence-corrected chi connectivity index (χ1v) is 8.28. The van der Waals surface area contributed by atoms with Crippen molar-refractivity contribution in [1.29, 1.82) is 0 Å². The molecular weight excluding hydrogens is 375 g/mol. The molecule has 0 radical (unpaired) electrons. The quantitative estimate of drug-likeness (QED) is 0.760. The molecule has 2 aliphatic rings. The van der Waals surface area contributed by atoms with Gasteiger partial charge in [0.1, 0.15) is 5.78 Å². The Morgan fingerprint density at radius 3 is 2.65 bits per heavy atom. The predicted octanol–water partition coefficient (Wildman–Crippen LogP) is 4.13. The average molecular weight is 390 g/mol. The molecule has 1 aromatic rings. The van der Waals surface area contributed by atoms with Crippen LogP contribution >= 0.6 is 15.9 Å². The molecule has 1 heterocycles. The van der Waals surface area contributed by atoms with E-state index >= 15 is 0 Å². The molecule has 3 rings (SSSR count). The summed E-state index contributed by atoms with van der Waals surface area (Å²) in [7, 11) is 0. The smallest absolute Gasteiger partial charge is 0.299 e. The molecule has 0 spiro atoms. The summed E-state index contributed by atoms with van der Waals surface area (Å²) >= 11 is 3.35. The zero-order valence-electron chi connectivity index (χ0n) is 12.3. The molecule has 23 heavy (non-hydrogen) atoms. The summed E-state index contributed by atoms with van der Waals surface area (Å²) in [5.74, 6) is -2.07. The maximum atomic E-state index is 12.5. The topological polar surface area (TPSA) is 47.0 Å². The molecule has 0 bridgehead atoms. The molecular formula is C16H15BrF3NO2. The molecule has 1 fully saturated rings. The van der Waals surface area contributed by atoms with Crippen LogP contribution in [0, 0.1) is 5.41 Å². The lowest BCUT2D eigenvalue weighted by atomic mass is 9.87. The van der Waals surface area contributed by atoms with Crippen LogP contribution in [0.25, 0.3) is 0 Å². The van der Waals surface area contributed by atoms with Gasteiger partial charge in [-0.25, -0.2) is 0 Å². The van der Waals surface area contributed by atoms with E-state index in [-0.39, 0.29) is 18.1 Å². The van der Waals surface area contributed by atoms with Gasteiger partial charge in [0.05, 0.1) is 0 Å². The second kappa shape index (κ2) is 5.69. The number of aryl methyl sites for hydroxylation is 1. The summed E-state index contributed by atoms with van der Waals surface area (Å²) in [6.07, 6.45) is -1.38. The van der Waals surface area contributed by atoms with Gasteiger partial charge in [0.15, 0.2) is 0 Å². The summed E-state index contributed by atoms with van der Waals surface area (Å²) in [4.78, 5) is 28.0. The number of carbonyl (C=O) groups is 2. The SMILES string of the molecule is O=C(CC1(C(=O)CC2CCc3cc(Br)cnc32)CC1)C(F)(F)F. The van der Waals surface area contributed by atoms with E-state index in [0.29, 0.717) is 12.8 Å². The highest BCUT2D eigenvalue weighted by molar-refractivity contribution is 9.10. The van der Waals surface area contributed by atoms with Gasteiger partial charge in [-0.2, -0.15) is 13.2 Å². The minimum absolute atomic E-state index is 0.0518. The molecule has 7 heteroatoms. The Balaban J connectivity index is 1.68. The van der Waals surface area contributed by atoms with Crippen molar-refractivity contribution in [2.45, 2.75) is 50.6 Å². The third-order valence-electron chi connectivity index (χ3n) is 4.81. The zero-order chi connectivity index (χ0) is 16.8. The summed E-state index contributed by atoms with van der Waals surface area (Å²) in [5.41, 5.74) is 0.859. The summed E-state index contributed by atoms with van der Waals surface area (Å²) in [5, 5.41) is 0. The standard InChI is InChI=1S/C16H15BrF3NO2/c17-11-5-9-1-2-10(14(9)21-8-11)6-12(22)15(3-4-15)7-13(23)16(18,19)20/h5,8,10H,1-4,6-7H2. The largest absolute Gasteiger partial charge is 0.450 e. The second-order valence-corrected chi connectivity index (χ2v) is 7.35. The monoisotopic (exact) mass is 389 g/mol. The van der Waals surface area contributed by atoms with Gasteiger partial charge in [-0.1, -0.05) is 0 Å². The lowest BCUT2D eigenvalue weighted by molar-refractivity contribution is -0.172. The van der Waals surface area contributed by atoms with E-state index in [1.54, 1.807) is 6.20 Å². The first-order valence-electron chi connectivity index (χ1n) is 7.49. The van der Waals surface area contributed by atoms with Crippen molar-refractivity contribution in [2.24, 2.45) is 5.41 Å². The highest BCUT2D eigenvalue weighted by atomic mass is 79.9. The van der Waals surface area contributed by atoms with Crippen molar-refractivity contribution < 1.29 is 22.8 Å². The average Bonchev–Trinajstić information content (AvgIpc) is 3.14. The Kier molecular flexibility index (Phi) is 4.11. The van der Waals surface area contributed by atoms with Crippen LogP contribution in [-0.2, 0) is 16.0 Å². The number of rotatable bonds is 5. The molecule has 124 valence electrons. The van der Waals surface area contributed by atoms with Gasteiger partial charge in [0.25, 0.3) is 0 Å². The molecule has 3 nitrogen and oxygen atoms in total. The normalized spacial score (nSPS) is 21.8. The summed E-state index contributed by atoms with van der Waals surface area (Å²) in [6, 6.07) is 1.97. The molecule has 1 aromatic heterocycles. The zero-order valence-corrected chi connectivity index (χ0v) is 13.8. The minimum atomic E-state index is -4.86. The van der Waals surface area contributed by atoms with E-state index in [9.17, 15) is 22.8 Å². The van der Waals surface area contributed by atoms with Crippen molar-refractivity contribution in [3.05, 3.63) is 28.0 Å². The highest BCUT2D eigenvalue weighted by Gasteiger charge is 2.54. The van der Waals surface area contributed by atoms with Gasteiger partial charge in [-0.3, -0.25) is 14.6 Å². The predicted molar refractivity (Wildman–Crippen MR) is 80.0 cm³/mol. The number of pyridine rings is 1. The fraction of sp³-hybridized carbons (Fsp3) is 0.562. The van der Waals surface area contributed by atoms with Crippen molar-refractivity contribution in [1.82, 2.24) is 4.98 Å². The number of halogens is 4. The van der Waals surface area contributed by atoms with Crippen LogP contribution in [0.15, 0.2) is 16.7 Å². The number of alkyl halides is 3. The number of aromatic nitrogens is 1. The molecule has 2 aliphatic carbocycles. The Morgan fingerprint density at radius 1 is 1.35 bits per heavy atom. The number of hydrogen-bond donors (Lipinski definition) is 0. The van der Waals surface area contributed by atoms with Gasteiger partial charge in [0.2, 0.25) is 5.78 Å². The lowest BCUT2D eigenvalue weighted by Crippen LogP contribution is -2.29. The first-order chi connectivity index (χ1) is 10.7. The van der Waals surface area contributed by atoms with Gasteiger partial charge >= 0.3 is 6.18 Å². The van der Waals surface area contributed by atoms with Gasteiger partial charge in [-0.05, 0) is 53.2 Å². The Hall–Kier alpha value is -1.24. The molecule has 0 aliphatic heterocycles. The Bertz CT molecular complexity index is 668. The Morgan fingerprint density at radius 2 is 2.04 bits per heavy atom. The lowest BCUT2D eigenvalue weighted by Gasteiger charge is -2.17. The molecule has 0 amide bonds. The van der Waals surface area contributed by atoms with Crippen molar-refractivity contribution in [3.63, 3.8) is 0 Å². The van der Waals surface area contributed by atoms with Crippen LogP contribution in [-0.4, -0.2) is 22.7 Å². The highest BCUT2D eigenvalue weighted by Crippen LogP contribution is 2.53. The van der Waals surface area contributed by atoms with E-state index in [4.69, 9.17) is 0 Å². The van der Waals surface area contributed by atoms with Gasteiger partial charge in [-0.15, -0.1) is 0 Å². The minimum Gasteiger partial charge on any atom is -0.299 e. The van der Waals surface area contributed by atoms with Crippen LogP contribution in [0.1, 0.15) is 49.3 Å². The maximum absolute atomic E-state index is 12.5. The summed E-state index contributed by atoms with van der Waals surface area (Å²) in [6.45, 7) is 0. The van der Waals surface area contributed by atoms with E-state index in [1.807, 2.05) is 6.07 Å². The van der Waals surface area contributed by atoms with Crippen LogP contribution in [0.3, 0.4) is 0 Å². The number of ketones is 2. The maximum Gasteiger partial charge on any atom is 0.450 e. The number of carbonyl (C=O) groups excluding carboxylic acids is 2.